The second-order valence-corrected chi connectivity index (χ2v) is 6.42. The van der Waals surface area contributed by atoms with Crippen molar-refractivity contribution in [1.82, 2.24) is 10.7 Å². The van der Waals surface area contributed by atoms with E-state index >= 15 is 0 Å². The Balaban J connectivity index is 1.53. The van der Waals surface area contributed by atoms with Crippen LogP contribution in [0.15, 0.2) is 58.6 Å². The second-order valence-electron chi connectivity index (χ2n) is 6.42. The van der Waals surface area contributed by atoms with Crippen molar-refractivity contribution in [3.05, 3.63) is 54.1 Å². The van der Waals surface area contributed by atoms with Crippen LogP contribution in [0.25, 0.3) is 0 Å². The number of carbonyl (C=O) groups is 2. The number of hydrogen-bond donors (Lipinski definition) is 3. The highest BCUT2D eigenvalue weighted by atomic mass is 19.4. The lowest BCUT2D eigenvalue weighted by molar-refractivity contribution is -0.274. The van der Waals surface area contributed by atoms with Crippen LogP contribution in [-0.2, 0) is 9.59 Å². The number of para-hydroxylation sites is 1. The van der Waals surface area contributed by atoms with E-state index in [0.29, 0.717) is 11.3 Å². The lowest BCUT2D eigenvalue weighted by Gasteiger charge is -2.10. The summed E-state index contributed by atoms with van der Waals surface area (Å²) in [6.45, 7) is 0. The first-order chi connectivity index (χ1) is 15.2. The van der Waals surface area contributed by atoms with Gasteiger partial charge < -0.3 is 14.8 Å². The van der Waals surface area contributed by atoms with Gasteiger partial charge in [0.15, 0.2) is 0 Å². The first-order valence-electron chi connectivity index (χ1n) is 9.20. The first kappa shape index (κ1) is 22.6. The summed E-state index contributed by atoms with van der Waals surface area (Å²) in [7, 11) is 1.53. The molecule has 0 aromatic heterocycles. The maximum absolute atomic E-state index is 12.2. The molecule has 1 aliphatic heterocycles. The van der Waals surface area contributed by atoms with Crippen molar-refractivity contribution < 1.29 is 32.2 Å². The molecule has 32 heavy (non-hydrogen) atoms. The number of guanidine groups is 1. The van der Waals surface area contributed by atoms with Gasteiger partial charge in [0.25, 0.3) is 5.91 Å². The predicted octanol–water partition coefficient (Wildman–Crippen LogP) is 2.40. The van der Waals surface area contributed by atoms with Crippen LogP contribution in [0.4, 0.5) is 18.9 Å². The van der Waals surface area contributed by atoms with Crippen molar-refractivity contribution >= 4 is 29.7 Å². The third-order valence-electron chi connectivity index (χ3n) is 4.09. The van der Waals surface area contributed by atoms with Crippen LogP contribution >= 0.6 is 0 Å². The number of hydrazone groups is 1. The molecule has 0 spiro atoms. The average Bonchev–Trinajstić information content (AvgIpc) is 3.07. The highest BCUT2D eigenvalue weighted by Gasteiger charge is 2.31. The molecule has 1 heterocycles. The number of aliphatic imine (C=N–C) groups is 1. The summed E-state index contributed by atoms with van der Waals surface area (Å²) in [6.07, 6.45) is -3.59. The summed E-state index contributed by atoms with van der Waals surface area (Å²) in [5.41, 5.74) is 3.53. The third-order valence-corrected chi connectivity index (χ3v) is 4.09. The fourth-order valence-corrected chi connectivity index (χ4v) is 2.71. The monoisotopic (exact) mass is 449 g/mol. The van der Waals surface area contributed by atoms with Gasteiger partial charge in [-0.25, -0.2) is 10.4 Å². The van der Waals surface area contributed by atoms with Crippen LogP contribution < -0.4 is 25.5 Å². The van der Waals surface area contributed by atoms with E-state index in [0.717, 1.165) is 12.1 Å². The maximum Gasteiger partial charge on any atom is 0.573 e. The number of amides is 2. The number of hydrogen-bond acceptors (Lipinski definition) is 7. The molecule has 2 aromatic carbocycles. The molecule has 168 valence electrons. The Morgan fingerprint density at radius 3 is 2.62 bits per heavy atom. The molecular formula is C20H18F3N5O4. The van der Waals surface area contributed by atoms with E-state index in [9.17, 15) is 22.8 Å². The fraction of sp³-hybridized carbons (Fsp3) is 0.200. The molecule has 3 N–H and O–H groups in total. The van der Waals surface area contributed by atoms with Crippen molar-refractivity contribution in [2.24, 2.45) is 10.1 Å². The largest absolute Gasteiger partial charge is 0.573 e. The van der Waals surface area contributed by atoms with Crippen LogP contribution in [-0.4, -0.2) is 43.5 Å². The highest BCUT2D eigenvalue weighted by molar-refractivity contribution is 6.07. The quantitative estimate of drug-likeness (QED) is 0.444. The topological polar surface area (TPSA) is 113 Å². The van der Waals surface area contributed by atoms with Crippen LogP contribution in [0.3, 0.4) is 0 Å². The number of methoxy groups -OCH3 is 1. The zero-order chi connectivity index (χ0) is 23.1. The summed E-state index contributed by atoms with van der Waals surface area (Å²) >= 11 is 0. The molecule has 1 atom stereocenters. The van der Waals surface area contributed by atoms with Crippen molar-refractivity contribution in [3.63, 3.8) is 0 Å². The van der Waals surface area contributed by atoms with Gasteiger partial charge in [-0.3, -0.25) is 14.9 Å². The third kappa shape index (κ3) is 6.45. The van der Waals surface area contributed by atoms with Gasteiger partial charge >= 0.3 is 6.36 Å². The Bertz CT molecular complexity index is 1040. The van der Waals surface area contributed by atoms with Crippen molar-refractivity contribution in [2.75, 3.05) is 12.4 Å². The van der Waals surface area contributed by atoms with Gasteiger partial charge in [-0.1, -0.05) is 12.1 Å². The number of alkyl halides is 3. The van der Waals surface area contributed by atoms with E-state index < -0.39 is 30.0 Å². The SMILES string of the molecule is COc1ccccc1/C=N\NC1=N[C@H](CC(=O)Nc2ccc(OC(F)(F)F)cc2)C(=O)N1. The zero-order valence-corrected chi connectivity index (χ0v) is 16.6. The summed E-state index contributed by atoms with van der Waals surface area (Å²) in [5, 5.41) is 8.94. The summed E-state index contributed by atoms with van der Waals surface area (Å²) in [5.74, 6) is -0.767. The minimum absolute atomic E-state index is 0.0765. The van der Waals surface area contributed by atoms with Crippen LogP contribution in [0.5, 0.6) is 11.5 Å². The number of carbonyl (C=O) groups excluding carboxylic acids is 2. The Hall–Kier alpha value is -4.09. The van der Waals surface area contributed by atoms with E-state index in [4.69, 9.17) is 4.74 Å². The van der Waals surface area contributed by atoms with Crippen molar-refractivity contribution in [3.8, 4) is 11.5 Å². The molecule has 3 rings (SSSR count). The van der Waals surface area contributed by atoms with Gasteiger partial charge in [0, 0.05) is 11.3 Å². The molecule has 0 saturated carbocycles. The van der Waals surface area contributed by atoms with Crippen molar-refractivity contribution in [2.45, 2.75) is 18.8 Å². The number of ether oxygens (including phenoxy) is 2. The van der Waals surface area contributed by atoms with Crippen LogP contribution in [0.1, 0.15) is 12.0 Å². The summed E-state index contributed by atoms with van der Waals surface area (Å²) < 4.78 is 45.5. The second kappa shape index (κ2) is 9.81. The normalized spacial score (nSPS) is 15.8. The fourth-order valence-electron chi connectivity index (χ4n) is 2.71. The van der Waals surface area contributed by atoms with E-state index in [1.165, 1.54) is 25.5 Å². The van der Waals surface area contributed by atoms with E-state index in [1.54, 1.807) is 12.1 Å². The molecule has 0 saturated heterocycles. The molecule has 2 amide bonds. The van der Waals surface area contributed by atoms with Gasteiger partial charge in [-0.2, -0.15) is 5.10 Å². The molecule has 0 fully saturated rings. The van der Waals surface area contributed by atoms with Gasteiger partial charge in [0.1, 0.15) is 17.5 Å². The minimum atomic E-state index is -4.80. The number of anilines is 1. The molecule has 2 aromatic rings. The number of rotatable bonds is 7. The number of nitrogens with zero attached hydrogens (tertiary/aromatic N) is 2. The Labute approximate surface area is 180 Å². The van der Waals surface area contributed by atoms with Crippen LogP contribution in [0, 0.1) is 0 Å². The Kier molecular flexibility index (Phi) is 6.93. The van der Waals surface area contributed by atoms with Crippen LogP contribution in [0.2, 0.25) is 0 Å². The molecule has 9 nitrogen and oxygen atoms in total. The lowest BCUT2D eigenvalue weighted by Crippen LogP contribution is -2.35. The smallest absolute Gasteiger partial charge is 0.496 e. The average molecular weight is 449 g/mol. The number of halogens is 3. The Morgan fingerprint density at radius 2 is 1.94 bits per heavy atom. The lowest BCUT2D eigenvalue weighted by atomic mass is 10.2. The van der Waals surface area contributed by atoms with Gasteiger partial charge in [-0.15, -0.1) is 13.2 Å². The first-order valence-corrected chi connectivity index (χ1v) is 9.20. The minimum Gasteiger partial charge on any atom is -0.496 e. The molecule has 0 unspecified atom stereocenters. The predicted molar refractivity (Wildman–Crippen MR) is 109 cm³/mol. The number of nitrogens with one attached hydrogen (secondary N) is 3. The van der Waals surface area contributed by atoms with Gasteiger partial charge in [0.2, 0.25) is 11.9 Å². The number of benzene rings is 2. The van der Waals surface area contributed by atoms with E-state index in [-0.39, 0.29) is 18.1 Å². The summed E-state index contributed by atoms with van der Waals surface area (Å²) in [4.78, 5) is 28.3. The van der Waals surface area contributed by atoms with E-state index in [1.807, 2.05) is 12.1 Å². The highest BCUT2D eigenvalue weighted by Crippen LogP contribution is 2.24. The zero-order valence-electron chi connectivity index (χ0n) is 16.6. The Morgan fingerprint density at radius 1 is 1.22 bits per heavy atom. The van der Waals surface area contributed by atoms with Gasteiger partial charge in [-0.05, 0) is 36.4 Å². The molecule has 0 aliphatic carbocycles. The molecule has 0 bridgehead atoms. The summed E-state index contributed by atoms with van der Waals surface area (Å²) in [6, 6.07) is 10.8. The molecule has 0 radical (unpaired) electrons. The van der Waals surface area contributed by atoms with E-state index in [2.05, 4.69) is 30.9 Å². The standard InChI is InChI=1S/C20H18F3N5O4/c1-31-16-5-3-2-4-12(16)11-24-28-19-26-15(18(30)27-19)10-17(29)25-13-6-8-14(9-7-13)32-20(21,22)23/h2-9,11,15H,10H2,1H3,(H,25,29)(H2,26,27,28,30)/b24-11-/t15-/m1/s1. The van der Waals surface area contributed by atoms with Crippen molar-refractivity contribution in [1.29, 1.82) is 0 Å². The molecule has 1 aliphatic rings. The molecule has 12 heteroatoms. The molecular weight excluding hydrogens is 431 g/mol. The van der Waals surface area contributed by atoms with Gasteiger partial charge in [0.05, 0.1) is 19.7 Å². The maximum atomic E-state index is 12.2.